The average molecular weight is 194 g/mol. The topological polar surface area (TPSA) is 35.0 Å². The first-order chi connectivity index (χ1) is 6.50. The second-order valence-electron chi connectivity index (χ2n) is 4.01. The van der Waals surface area contributed by atoms with E-state index >= 15 is 0 Å². The molecular weight excluding hydrogens is 176 g/mol. The number of nitrogens with zero attached hydrogens (tertiary/aromatic N) is 2. The number of hydrogen-bond donors (Lipinski definition) is 0. The number of aromatic nitrogens is 2. The van der Waals surface area contributed by atoms with Crippen LogP contribution in [0, 0.1) is 6.92 Å². The predicted octanol–water partition coefficient (Wildman–Crippen LogP) is 2.70. The van der Waals surface area contributed by atoms with Crippen LogP contribution in [0.5, 0.6) is 5.88 Å². The minimum atomic E-state index is 0.146. The molecule has 78 valence electrons. The molecule has 3 nitrogen and oxygen atoms in total. The molecular formula is C11H18N2O. The molecule has 1 aromatic heterocycles. The van der Waals surface area contributed by atoms with E-state index in [9.17, 15) is 0 Å². The number of rotatable bonds is 3. The average Bonchev–Trinajstić information content (AvgIpc) is 2.07. The molecule has 0 amide bonds. The summed E-state index contributed by atoms with van der Waals surface area (Å²) >= 11 is 0. The maximum atomic E-state index is 5.51. The third-order valence-corrected chi connectivity index (χ3v) is 1.86. The van der Waals surface area contributed by atoms with Crippen LogP contribution < -0.4 is 4.74 Å². The van der Waals surface area contributed by atoms with Gasteiger partial charge in [0.1, 0.15) is 0 Å². The van der Waals surface area contributed by atoms with Gasteiger partial charge in [0.05, 0.1) is 23.7 Å². The van der Waals surface area contributed by atoms with Gasteiger partial charge in [-0.15, -0.1) is 0 Å². The highest BCUT2D eigenvalue weighted by Gasteiger charge is 2.08. The Kier molecular flexibility index (Phi) is 3.44. The van der Waals surface area contributed by atoms with Gasteiger partial charge in [-0.1, -0.05) is 13.8 Å². The van der Waals surface area contributed by atoms with E-state index in [1.807, 2.05) is 20.8 Å². The molecule has 0 bridgehead atoms. The molecule has 1 aromatic rings. The minimum absolute atomic E-state index is 0.146. The molecule has 0 atom stereocenters. The predicted molar refractivity (Wildman–Crippen MR) is 56.6 cm³/mol. The van der Waals surface area contributed by atoms with Crippen LogP contribution in [-0.2, 0) is 0 Å². The minimum Gasteiger partial charge on any atom is -0.474 e. The molecule has 0 aromatic carbocycles. The molecule has 1 rings (SSSR count). The molecule has 14 heavy (non-hydrogen) atoms. The summed E-state index contributed by atoms with van der Waals surface area (Å²) in [6, 6.07) is 0. The van der Waals surface area contributed by atoms with Crippen molar-refractivity contribution >= 4 is 0 Å². The van der Waals surface area contributed by atoms with Crippen LogP contribution in [-0.4, -0.2) is 16.1 Å². The standard InChI is InChI=1S/C11H18N2O/c1-7(2)10-6-12-11(9(5)13-10)14-8(3)4/h6-8H,1-5H3. The smallest absolute Gasteiger partial charge is 0.235 e. The molecule has 0 unspecified atom stereocenters. The summed E-state index contributed by atoms with van der Waals surface area (Å²) < 4.78 is 5.51. The van der Waals surface area contributed by atoms with Crippen molar-refractivity contribution < 1.29 is 4.74 Å². The lowest BCUT2D eigenvalue weighted by Gasteiger charge is -2.12. The van der Waals surface area contributed by atoms with Gasteiger partial charge in [0.25, 0.3) is 0 Å². The molecule has 0 spiro atoms. The summed E-state index contributed by atoms with van der Waals surface area (Å²) in [4.78, 5) is 8.69. The van der Waals surface area contributed by atoms with Gasteiger partial charge in [-0.3, -0.25) is 4.98 Å². The van der Waals surface area contributed by atoms with Crippen molar-refractivity contribution in [3.05, 3.63) is 17.6 Å². The van der Waals surface area contributed by atoms with Crippen molar-refractivity contribution in [3.8, 4) is 5.88 Å². The molecule has 1 heterocycles. The Morgan fingerprint density at radius 1 is 1.21 bits per heavy atom. The van der Waals surface area contributed by atoms with Crippen molar-refractivity contribution in [2.75, 3.05) is 0 Å². The van der Waals surface area contributed by atoms with Gasteiger partial charge >= 0.3 is 0 Å². The first-order valence-corrected chi connectivity index (χ1v) is 5.01. The number of hydrogen-bond acceptors (Lipinski definition) is 3. The van der Waals surface area contributed by atoms with E-state index < -0.39 is 0 Å². The molecule has 0 fully saturated rings. The zero-order valence-electron chi connectivity index (χ0n) is 9.53. The Bertz CT molecular complexity index is 308. The van der Waals surface area contributed by atoms with E-state index in [0.29, 0.717) is 11.8 Å². The summed E-state index contributed by atoms with van der Waals surface area (Å²) in [6.45, 7) is 10.1. The molecule has 0 aliphatic carbocycles. The van der Waals surface area contributed by atoms with E-state index in [1.165, 1.54) is 0 Å². The Morgan fingerprint density at radius 2 is 1.86 bits per heavy atom. The van der Waals surface area contributed by atoms with Crippen LogP contribution in [0.1, 0.15) is 45.0 Å². The molecule has 0 N–H and O–H groups in total. The second kappa shape index (κ2) is 4.40. The normalized spacial score (nSPS) is 11.1. The lowest BCUT2D eigenvalue weighted by atomic mass is 10.1. The van der Waals surface area contributed by atoms with Gasteiger partial charge < -0.3 is 4.74 Å². The second-order valence-corrected chi connectivity index (χ2v) is 4.01. The highest BCUT2D eigenvalue weighted by molar-refractivity contribution is 5.19. The fourth-order valence-corrected chi connectivity index (χ4v) is 1.11. The maximum absolute atomic E-state index is 5.51. The zero-order chi connectivity index (χ0) is 10.7. The Labute approximate surface area is 85.5 Å². The van der Waals surface area contributed by atoms with E-state index in [-0.39, 0.29) is 6.10 Å². The monoisotopic (exact) mass is 194 g/mol. The van der Waals surface area contributed by atoms with Gasteiger partial charge in [0.15, 0.2) is 0 Å². The molecule has 0 aliphatic heterocycles. The fraction of sp³-hybridized carbons (Fsp3) is 0.636. The summed E-state index contributed by atoms with van der Waals surface area (Å²) in [5.74, 6) is 1.05. The van der Waals surface area contributed by atoms with Gasteiger partial charge in [-0.05, 0) is 26.7 Å². The van der Waals surface area contributed by atoms with Gasteiger partial charge in [0, 0.05) is 0 Å². The third-order valence-electron chi connectivity index (χ3n) is 1.86. The van der Waals surface area contributed by atoms with Gasteiger partial charge in [-0.25, -0.2) is 4.98 Å². The van der Waals surface area contributed by atoms with Crippen LogP contribution in [0.15, 0.2) is 6.20 Å². The largest absolute Gasteiger partial charge is 0.474 e. The highest BCUT2D eigenvalue weighted by Crippen LogP contribution is 2.17. The fourth-order valence-electron chi connectivity index (χ4n) is 1.11. The van der Waals surface area contributed by atoms with Crippen LogP contribution >= 0.6 is 0 Å². The van der Waals surface area contributed by atoms with Crippen molar-refractivity contribution in [2.24, 2.45) is 0 Å². The first kappa shape index (κ1) is 11.0. The van der Waals surface area contributed by atoms with Crippen molar-refractivity contribution in [1.29, 1.82) is 0 Å². The van der Waals surface area contributed by atoms with Crippen LogP contribution in [0.3, 0.4) is 0 Å². The molecule has 0 radical (unpaired) electrons. The van der Waals surface area contributed by atoms with Crippen LogP contribution in [0.25, 0.3) is 0 Å². The molecule has 0 aliphatic rings. The maximum Gasteiger partial charge on any atom is 0.235 e. The van der Waals surface area contributed by atoms with E-state index in [2.05, 4.69) is 23.8 Å². The van der Waals surface area contributed by atoms with Crippen molar-refractivity contribution in [3.63, 3.8) is 0 Å². The third kappa shape index (κ3) is 2.69. The number of ether oxygens (including phenoxy) is 1. The highest BCUT2D eigenvalue weighted by atomic mass is 16.5. The number of aryl methyl sites for hydroxylation is 1. The van der Waals surface area contributed by atoms with Crippen LogP contribution in [0.2, 0.25) is 0 Å². The van der Waals surface area contributed by atoms with E-state index in [0.717, 1.165) is 11.4 Å². The van der Waals surface area contributed by atoms with Crippen molar-refractivity contribution in [2.45, 2.75) is 46.6 Å². The van der Waals surface area contributed by atoms with Crippen LogP contribution in [0.4, 0.5) is 0 Å². The lowest BCUT2D eigenvalue weighted by molar-refractivity contribution is 0.229. The van der Waals surface area contributed by atoms with Gasteiger partial charge in [0.2, 0.25) is 5.88 Å². The molecule has 0 saturated heterocycles. The van der Waals surface area contributed by atoms with Crippen molar-refractivity contribution in [1.82, 2.24) is 9.97 Å². The Morgan fingerprint density at radius 3 is 2.29 bits per heavy atom. The van der Waals surface area contributed by atoms with E-state index in [1.54, 1.807) is 6.20 Å². The lowest BCUT2D eigenvalue weighted by Crippen LogP contribution is -2.09. The quantitative estimate of drug-likeness (QED) is 0.742. The van der Waals surface area contributed by atoms with E-state index in [4.69, 9.17) is 4.74 Å². The summed E-state index contributed by atoms with van der Waals surface area (Å²) in [5.41, 5.74) is 1.88. The zero-order valence-corrected chi connectivity index (χ0v) is 9.53. The summed E-state index contributed by atoms with van der Waals surface area (Å²) in [5, 5.41) is 0. The first-order valence-electron chi connectivity index (χ1n) is 5.01. The molecule has 3 heteroatoms. The SMILES string of the molecule is Cc1nc(C(C)C)cnc1OC(C)C. The molecule has 0 saturated carbocycles. The summed E-state index contributed by atoms with van der Waals surface area (Å²) in [7, 11) is 0. The Hall–Kier alpha value is -1.12. The Balaban J connectivity index is 2.90. The summed E-state index contributed by atoms with van der Waals surface area (Å²) in [6.07, 6.45) is 1.93. The van der Waals surface area contributed by atoms with Gasteiger partial charge in [-0.2, -0.15) is 0 Å².